The maximum Gasteiger partial charge on any atom is 0.135 e. The van der Waals surface area contributed by atoms with E-state index in [0.29, 0.717) is 30.2 Å². The summed E-state index contributed by atoms with van der Waals surface area (Å²) in [4.78, 5) is 14.5. The van der Waals surface area contributed by atoms with E-state index in [-0.39, 0.29) is 0 Å². The maximum absolute atomic E-state index is 11.9. The average molecular weight is 348 g/mol. The average Bonchev–Trinajstić information content (AvgIpc) is 3.18. The van der Waals surface area contributed by atoms with Crippen molar-refractivity contribution in [2.75, 3.05) is 13.1 Å². The van der Waals surface area contributed by atoms with Crippen LogP contribution in [0.5, 0.6) is 0 Å². The minimum atomic E-state index is 0.352. The lowest BCUT2D eigenvalue weighted by Gasteiger charge is -2.40. The molecule has 0 bridgehead atoms. The smallest absolute Gasteiger partial charge is 0.135 e. The van der Waals surface area contributed by atoms with E-state index in [1.807, 2.05) is 27.0 Å². The predicted molar refractivity (Wildman–Crippen MR) is 104 cm³/mol. The number of carbonyl (C=O) groups is 1. The number of nitrogens with zero attached hydrogens (tertiary/aromatic N) is 3. The highest BCUT2D eigenvalue weighted by molar-refractivity contribution is 5.80. The van der Waals surface area contributed by atoms with Crippen molar-refractivity contribution in [1.82, 2.24) is 14.7 Å². The molecule has 1 aromatic heterocycles. The molecule has 0 spiro atoms. The quantitative estimate of drug-likeness (QED) is 0.778. The third-order valence-corrected chi connectivity index (χ3v) is 5.95. The van der Waals surface area contributed by atoms with Gasteiger partial charge in [0.05, 0.1) is 12.2 Å². The Morgan fingerprint density at radius 3 is 2.20 bits per heavy atom. The van der Waals surface area contributed by atoms with Gasteiger partial charge in [0.1, 0.15) is 5.78 Å². The molecule has 142 valence electrons. The lowest BCUT2D eigenvalue weighted by atomic mass is 9.81. The summed E-state index contributed by atoms with van der Waals surface area (Å²) in [5.41, 5.74) is 1.34. The highest BCUT2D eigenvalue weighted by Gasteiger charge is 2.31. The van der Waals surface area contributed by atoms with Gasteiger partial charge in [-0.3, -0.25) is 9.48 Å². The standard InChI is InChI=1S/C19H31N3O.C2H6/c1-3-15-13-20-22(14-15)18-9-11-21(12-10-18)17-7-5-16(6-8-17)19(23)4-2;1-2/h13-14,16-18H,3-12H2,1-2H3;1-2H3. The number of carbonyl (C=O) groups excluding carboxylic acids is 1. The summed E-state index contributed by atoms with van der Waals surface area (Å²) < 4.78 is 2.19. The van der Waals surface area contributed by atoms with Crippen LogP contribution in [-0.2, 0) is 11.2 Å². The zero-order valence-corrected chi connectivity index (χ0v) is 16.7. The number of hydrogen-bond acceptors (Lipinski definition) is 3. The molecule has 2 fully saturated rings. The fraction of sp³-hybridized carbons (Fsp3) is 0.810. The number of piperidine rings is 1. The fourth-order valence-corrected chi connectivity index (χ4v) is 4.33. The largest absolute Gasteiger partial charge is 0.300 e. The second kappa shape index (κ2) is 10.1. The molecule has 0 atom stereocenters. The van der Waals surface area contributed by atoms with E-state index >= 15 is 0 Å². The minimum Gasteiger partial charge on any atom is -0.300 e. The van der Waals surface area contributed by atoms with Gasteiger partial charge < -0.3 is 4.90 Å². The van der Waals surface area contributed by atoms with E-state index in [9.17, 15) is 4.79 Å². The molecule has 1 aliphatic carbocycles. The number of Topliss-reactive ketones (excluding diaryl/α,β-unsaturated/α-hetero) is 1. The van der Waals surface area contributed by atoms with Gasteiger partial charge in [0.2, 0.25) is 0 Å². The Morgan fingerprint density at radius 1 is 1.04 bits per heavy atom. The molecule has 0 unspecified atom stereocenters. The molecular weight excluding hydrogens is 310 g/mol. The molecule has 1 aromatic rings. The van der Waals surface area contributed by atoms with Crippen molar-refractivity contribution >= 4 is 5.78 Å². The Labute approximate surface area is 154 Å². The molecular formula is C21H37N3O. The third kappa shape index (κ3) is 5.16. The Balaban J connectivity index is 0.00000109. The zero-order chi connectivity index (χ0) is 18.2. The summed E-state index contributed by atoms with van der Waals surface area (Å²) in [7, 11) is 0. The first-order chi connectivity index (χ1) is 12.2. The second-order valence-corrected chi connectivity index (χ2v) is 7.27. The van der Waals surface area contributed by atoms with Crippen LogP contribution in [0, 0.1) is 5.92 Å². The van der Waals surface area contributed by atoms with E-state index in [4.69, 9.17) is 0 Å². The first kappa shape index (κ1) is 20.2. The van der Waals surface area contributed by atoms with Gasteiger partial charge in [0, 0.05) is 37.7 Å². The minimum absolute atomic E-state index is 0.352. The number of hydrogen-bond donors (Lipinski definition) is 0. The molecule has 2 aliphatic rings. The van der Waals surface area contributed by atoms with Crippen LogP contribution < -0.4 is 0 Å². The van der Waals surface area contributed by atoms with Crippen molar-refractivity contribution in [2.24, 2.45) is 5.92 Å². The summed E-state index contributed by atoms with van der Waals surface area (Å²) in [5.74, 6) is 0.831. The molecule has 25 heavy (non-hydrogen) atoms. The first-order valence-electron chi connectivity index (χ1n) is 10.5. The van der Waals surface area contributed by atoms with Gasteiger partial charge in [-0.05, 0) is 50.5 Å². The van der Waals surface area contributed by atoms with Crippen LogP contribution >= 0.6 is 0 Å². The van der Waals surface area contributed by atoms with E-state index < -0.39 is 0 Å². The SMILES string of the molecule is CC.CCC(=O)C1CCC(N2CCC(n3cc(CC)cn3)CC2)CC1. The lowest BCUT2D eigenvalue weighted by molar-refractivity contribution is -0.123. The van der Waals surface area contributed by atoms with Gasteiger partial charge in [-0.2, -0.15) is 5.10 Å². The lowest BCUT2D eigenvalue weighted by Crippen LogP contribution is -2.44. The van der Waals surface area contributed by atoms with E-state index in [0.717, 1.165) is 19.3 Å². The van der Waals surface area contributed by atoms with Gasteiger partial charge in [-0.1, -0.05) is 27.7 Å². The molecule has 0 N–H and O–H groups in total. The summed E-state index contributed by atoms with van der Waals surface area (Å²) in [6, 6.07) is 1.28. The van der Waals surface area contributed by atoms with Crippen LogP contribution in [0.15, 0.2) is 12.4 Å². The Kier molecular flexibility index (Phi) is 8.14. The molecule has 0 radical (unpaired) electrons. The van der Waals surface area contributed by atoms with Crippen LogP contribution in [0.1, 0.15) is 84.2 Å². The van der Waals surface area contributed by atoms with Crippen LogP contribution in [0.4, 0.5) is 0 Å². The molecule has 2 heterocycles. The van der Waals surface area contributed by atoms with Crippen molar-refractivity contribution < 1.29 is 4.79 Å². The molecule has 4 nitrogen and oxygen atoms in total. The summed E-state index contributed by atoms with van der Waals surface area (Å²) in [5, 5.41) is 4.55. The molecule has 1 aliphatic heterocycles. The zero-order valence-electron chi connectivity index (χ0n) is 16.7. The summed E-state index contributed by atoms with van der Waals surface area (Å²) in [6.07, 6.45) is 13.1. The second-order valence-electron chi connectivity index (χ2n) is 7.27. The van der Waals surface area contributed by atoms with Gasteiger partial charge in [-0.25, -0.2) is 0 Å². The van der Waals surface area contributed by atoms with Gasteiger partial charge in [-0.15, -0.1) is 0 Å². The first-order valence-corrected chi connectivity index (χ1v) is 10.5. The third-order valence-electron chi connectivity index (χ3n) is 5.95. The van der Waals surface area contributed by atoms with Crippen molar-refractivity contribution in [3.63, 3.8) is 0 Å². The molecule has 0 amide bonds. The molecule has 1 saturated carbocycles. The van der Waals surface area contributed by atoms with Crippen LogP contribution in [-0.4, -0.2) is 39.6 Å². The van der Waals surface area contributed by atoms with Crippen molar-refractivity contribution in [3.05, 3.63) is 18.0 Å². The van der Waals surface area contributed by atoms with E-state index in [1.54, 1.807) is 0 Å². The van der Waals surface area contributed by atoms with E-state index in [1.165, 1.54) is 44.3 Å². The Hall–Kier alpha value is -1.16. The molecule has 4 heteroatoms. The molecule has 3 rings (SSSR count). The number of rotatable bonds is 5. The highest BCUT2D eigenvalue weighted by atomic mass is 16.1. The molecule has 0 aromatic carbocycles. The number of ketones is 1. The van der Waals surface area contributed by atoms with Crippen molar-refractivity contribution in [3.8, 4) is 0 Å². The monoisotopic (exact) mass is 347 g/mol. The Morgan fingerprint density at radius 2 is 1.68 bits per heavy atom. The van der Waals surface area contributed by atoms with Crippen molar-refractivity contribution in [1.29, 1.82) is 0 Å². The van der Waals surface area contributed by atoms with Crippen LogP contribution in [0.3, 0.4) is 0 Å². The van der Waals surface area contributed by atoms with Crippen LogP contribution in [0.2, 0.25) is 0 Å². The predicted octanol–water partition coefficient (Wildman–Crippen LogP) is 4.65. The fourth-order valence-electron chi connectivity index (χ4n) is 4.33. The van der Waals surface area contributed by atoms with Gasteiger partial charge >= 0.3 is 0 Å². The number of likely N-dealkylation sites (tertiary alicyclic amines) is 1. The maximum atomic E-state index is 11.9. The molecule has 1 saturated heterocycles. The van der Waals surface area contributed by atoms with Gasteiger partial charge in [0.25, 0.3) is 0 Å². The van der Waals surface area contributed by atoms with Gasteiger partial charge in [0.15, 0.2) is 0 Å². The van der Waals surface area contributed by atoms with E-state index in [2.05, 4.69) is 27.8 Å². The number of aryl methyl sites for hydroxylation is 1. The summed E-state index contributed by atoms with van der Waals surface area (Å²) >= 11 is 0. The topological polar surface area (TPSA) is 38.1 Å². The highest BCUT2D eigenvalue weighted by Crippen LogP contribution is 2.32. The van der Waals surface area contributed by atoms with Crippen LogP contribution in [0.25, 0.3) is 0 Å². The Bertz CT molecular complexity index is 509. The number of aromatic nitrogens is 2. The van der Waals surface area contributed by atoms with Crippen molar-refractivity contribution in [2.45, 2.75) is 91.1 Å². The summed E-state index contributed by atoms with van der Waals surface area (Å²) in [6.45, 7) is 10.5. The normalized spacial score (nSPS) is 25.3.